The van der Waals surface area contributed by atoms with Crippen LogP contribution in [0.4, 0.5) is 5.69 Å². The molecule has 0 amide bonds. The number of hydrogen-bond donors (Lipinski definition) is 0. The standard InChI is InChI=1S/C15H14N4O3/c1-2-22-15(21)12-10-19(9-11-6-4-3-5-7-11)14(20)8-13(12)17-18-16/h3-8,10H,2,9H2,1H3. The van der Waals surface area contributed by atoms with Crippen LogP contribution in [-0.4, -0.2) is 17.1 Å². The third-order valence-electron chi connectivity index (χ3n) is 2.95. The summed E-state index contributed by atoms with van der Waals surface area (Å²) in [6.45, 7) is 2.17. The van der Waals surface area contributed by atoms with Crippen LogP contribution >= 0.6 is 0 Å². The Kier molecular flexibility index (Phi) is 4.95. The Hall–Kier alpha value is -3.05. The quantitative estimate of drug-likeness (QED) is 0.367. The fourth-order valence-electron chi connectivity index (χ4n) is 1.96. The SMILES string of the molecule is CCOC(=O)c1cn(Cc2ccccc2)c(=O)cc1N=[N+]=[N-]. The van der Waals surface area contributed by atoms with Crippen molar-refractivity contribution < 1.29 is 9.53 Å². The van der Waals surface area contributed by atoms with E-state index < -0.39 is 5.97 Å². The molecule has 112 valence electrons. The molecule has 0 radical (unpaired) electrons. The van der Waals surface area contributed by atoms with E-state index in [4.69, 9.17) is 10.3 Å². The summed E-state index contributed by atoms with van der Waals surface area (Å²) in [6, 6.07) is 10.5. The van der Waals surface area contributed by atoms with Crippen molar-refractivity contribution in [1.82, 2.24) is 4.57 Å². The van der Waals surface area contributed by atoms with Crippen LogP contribution in [0.3, 0.4) is 0 Å². The highest BCUT2D eigenvalue weighted by Gasteiger charge is 2.14. The lowest BCUT2D eigenvalue weighted by Gasteiger charge is -2.10. The number of pyridine rings is 1. The number of carbonyl (C=O) groups is 1. The van der Waals surface area contributed by atoms with Gasteiger partial charge in [-0.2, -0.15) is 0 Å². The van der Waals surface area contributed by atoms with Gasteiger partial charge < -0.3 is 9.30 Å². The Bertz CT molecular complexity index is 777. The van der Waals surface area contributed by atoms with Gasteiger partial charge in [-0.1, -0.05) is 35.4 Å². The predicted octanol–water partition coefficient (Wildman–Crippen LogP) is 3.02. The van der Waals surface area contributed by atoms with Crippen LogP contribution in [0.2, 0.25) is 0 Å². The molecule has 0 spiro atoms. The third kappa shape index (κ3) is 3.53. The highest BCUT2D eigenvalue weighted by Crippen LogP contribution is 2.18. The topological polar surface area (TPSA) is 97.1 Å². The van der Waals surface area contributed by atoms with Gasteiger partial charge in [-0.05, 0) is 18.0 Å². The van der Waals surface area contributed by atoms with Crippen molar-refractivity contribution in [3.05, 3.63) is 74.5 Å². The molecule has 0 N–H and O–H groups in total. The molecule has 1 aromatic carbocycles. The average molecular weight is 298 g/mol. The van der Waals surface area contributed by atoms with Crippen molar-refractivity contribution in [2.75, 3.05) is 6.61 Å². The second kappa shape index (κ2) is 7.10. The number of rotatable bonds is 5. The van der Waals surface area contributed by atoms with Crippen LogP contribution < -0.4 is 5.56 Å². The minimum Gasteiger partial charge on any atom is -0.462 e. The van der Waals surface area contributed by atoms with E-state index in [1.165, 1.54) is 10.8 Å². The van der Waals surface area contributed by atoms with Crippen LogP contribution in [0.15, 0.2) is 52.5 Å². The number of nitrogens with zero attached hydrogens (tertiary/aromatic N) is 4. The second-order valence-corrected chi connectivity index (χ2v) is 4.43. The van der Waals surface area contributed by atoms with Gasteiger partial charge in [-0.15, -0.1) is 0 Å². The highest BCUT2D eigenvalue weighted by molar-refractivity contribution is 5.94. The summed E-state index contributed by atoms with van der Waals surface area (Å²) in [5.41, 5.74) is 9.13. The molecule has 0 aliphatic heterocycles. The maximum atomic E-state index is 12.1. The molecule has 1 heterocycles. The molecule has 2 aromatic rings. The molecule has 1 aromatic heterocycles. The third-order valence-corrected chi connectivity index (χ3v) is 2.95. The predicted molar refractivity (Wildman–Crippen MR) is 81.0 cm³/mol. The van der Waals surface area contributed by atoms with Crippen LogP contribution in [0.1, 0.15) is 22.8 Å². The lowest BCUT2D eigenvalue weighted by Crippen LogP contribution is -2.21. The lowest BCUT2D eigenvalue weighted by molar-refractivity contribution is 0.0526. The van der Waals surface area contributed by atoms with Crippen LogP contribution in [0.25, 0.3) is 10.4 Å². The zero-order valence-electron chi connectivity index (χ0n) is 12.0. The molecule has 22 heavy (non-hydrogen) atoms. The second-order valence-electron chi connectivity index (χ2n) is 4.43. The van der Waals surface area contributed by atoms with Gasteiger partial charge >= 0.3 is 5.97 Å². The molecule has 0 saturated heterocycles. The molecule has 0 saturated carbocycles. The number of azide groups is 1. The summed E-state index contributed by atoms with van der Waals surface area (Å²) in [5.74, 6) is -0.633. The summed E-state index contributed by atoms with van der Waals surface area (Å²) in [6.07, 6.45) is 1.36. The van der Waals surface area contributed by atoms with E-state index in [1.807, 2.05) is 30.3 Å². The summed E-state index contributed by atoms with van der Waals surface area (Å²) >= 11 is 0. The summed E-state index contributed by atoms with van der Waals surface area (Å²) < 4.78 is 6.30. The first-order valence-electron chi connectivity index (χ1n) is 6.66. The number of hydrogen-bond acceptors (Lipinski definition) is 4. The lowest BCUT2D eigenvalue weighted by atomic mass is 10.2. The minimum atomic E-state index is -0.633. The molecule has 7 nitrogen and oxygen atoms in total. The molecule has 0 unspecified atom stereocenters. The van der Waals surface area contributed by atoms with E-state index >= 15 is 0 Å². The average Bonchev–Trinajstić information content (AvgIpc) is 2.51. The monoisotopic (exact) mass is 298 g/mol. The number of benzene rings is 1. The Balaban J connectivity index is 2.47. The number of ether oxygens (including phenoxy) is 1. The van der Waals surface area contributed by atoms with Gasteiger partial charge in [0.15, 0.2) is 0 Å². The van der Waals surface area contributed by atoms with Crippen LogP contribution in [0.5, 0.6) is 0 Å². The first-order chi connectivity index (χ1) is 10.7. The Morgan fingerprint density at radius 1 is 1.36 bits per heavy atom. The van der Waals surface area contributed by atoms with Crippen molar-refractivity contribution in [2.45, 2.75) is 13.5 Å². The maximum Gasteiger partial charge on any atom is 0.340 e. The summed E-state index contributed by atoms with van der Waals surface area (Å²) in [5, 5.41) is 3.39. The minimum absolute atomic E-state index is 0.0322. The van der Waals surface area contributed by atoms with Crippen molar-refractivity contribution in [3.8, 4) is 0 Å². The van der Waals surface area contributed by atoms with Gasteiger partial charge in [0.1, 0.15) is 0 Å². The van der Waals surface area contributed by atoms with E-state index in [9.17, 15) is 9.59 Å². The van der Waals surface area contributed by atoms with Gasteiger partial charge in [-0.3, -0.25) is 4.79 Å². The van der Waals surface area contributed by atoms with Crippen molar-refractivity contribution in [3.63, 3.8) is 0 Å². The molecular weight excluding hydrogens is 284 g/mol. The smallest absolute Gasteiger partial charge is 0.340 e. The van der Waals surface area contributed by atoms with Crippen LogP contribution in [0, 0.1) is 0 Å². The fourth-order valence-corrected chi connectivity index (χ4v) is 1.96. The molecule has 0 atom stereocenters. The van der Waals surface area contributed by atoms with Gasteiger partial charge in [0, 0.05) is 17.2 Å². The van der Waals surface area contributed by atoms with Gasteiger partial charge in [0.2, 0.25) is 0 Å². The molecule has 0 bridgehead atoms. The van der Waals surface area contributed by atoms with Crippen LogP contribution in [-0.2, 0) is 11.3 Å². The first kappa shape index (κ1) is 15.3. The number of esters is 1. The Morgan fingerprint density at radius 3 is 2.73 bits per heavy atom. The molecular formula is C15H14N4O3. The summed E-state index contributed by atoms with van der Waals surface area (Å²) in [7, 11) is 0. The Labute approximate surface area is 126 Å². The van der Waals surface area contributed by atoms with Crippen molar-refractivity contribution in [1.29, 1.82) is 0 Å². The molecule has 0 aliphatic carbocycles. The van der Waals surface area contributed by atoms with E-state index in [2.05, 4.69) is 10.0 Å². The molecule has 0 fully saturated rings. The highest BCUT2D eigenvalue weighted by atomic mass is 16.5. The molecule has 2 rings (SSSR count). The van der Waals surface area contributed by atoms with E-state index in [0.717, 1.165) is 11.6 Å². The number of carbonyl (C=O) groups excluding carboxylic acids is 1. The van der Waals surface area contributed by atoms with Gasteiger partial charge in [0.25, 0.3) is 5.56 Å². The van der Waals surface area contributed by atoms with Gasteiger partial charge in [-0.25, -0.2) is 4.79 Å². The normalized spacial score (nSPS) is 9.86. The van der Waals surface area contributed by atoms with Crippen molar-refractivity contribution >= 4 is 11.7 Å². The maximum absolute atomic E-state index is 12.1. The van der Waals surface area contributed by atoms with E-state index in [-0.39, 0.29) is 23.4 Å². The van der Waals surface area contributed by atoms with E-state index in [1.54, 1.807) is 6.92 Å². The summed E-state index contributed by atoms with van der Waals surface area (Å²) in [4.78, 5) is 26.6. The Morgan fingerprint density at radius 2 is 2.09 bits per heavy atom. The van der Waals surface area contributed by atoms with Gasteiger partial charge in [0.05, 0.1) is 24.4 Å². The number of aromatic nitrogens is 1. The first-order valence-corrected chi connectivity index (χ1v) is 6.66. The largest absolute Gasteiger partial charge is 0.462 e. The molecule has 7 heteroatoms. The van der Waals surface area contributed by atoms with Crippen molar-refractivity contribution in [2.24, 2.45) is 5.11 Å². The molecule has 0 aliphatic rings. The van der Waals surface area contributed by atoms with E-state index in [0.29, 0.717) is 6.54 Å². The zero-order chi connectivity index (χ0) is 15.9. The fraction of sp³-hybridized carbons (Fsp3) is 0.200. The zero-order valence-corrected chi connectivity index (χ0v) is 12.0.